The molecule has 1 aromatic heterocycles. The summed E-state index contributed by atoms with van der Waals surface area (Å²) in [6, 6.07) is 3.98. The van der Waals surface area contributed by atoms with Crippen molar-refractivity contribution >= 4 is 11.8 Å². The Bertz CT molecular complexity index is 629. The number of furan rings is 1. The van der Waals surface area contributed by atoms with Gasteiger partial charge in [-0.25, -0.2) is 0 Å². The van der Waals surface area contributed by atoms with E-state index in [0.717, 1.165) is 63.7 Å². The molecule has 1 atom stereocenters. The summed E-state index contributed by atoms with van der Waals surface area (Å²) in [5, 5.41) is 0. The molecule has 1 aliphatic heterocycles. The van der Waals surface area contributed by atoms with Crippen molar-refractivity contribution in [3.8, 4) is 0 Å². The molecule has 0 radical (unpaired) electrons. The van der Waals surface area contributed by atoms with Crippen LogP contribution in [0.3, 0.4) is 0 Å². The molecular formula is C21H30N2O4. The third kappa shape index (κ3) is 4.72. The minimum Gasteiger partial charge on any atom is -0.467 e. The molecule has 3 aliphatic rings. The summed E-state index contributed by atoms with van der Waals surface area (Å²) in [5.74, 6) is 1.08. The highest BCUT2D eigenvalue weighted by molar-refractivity contribution is 5.86. The summed E-state index contributed by atoms with van der Waals surface area (Å²) in [6.07, 6.45) is 10.00. The maximum atomic E-state index is 13.2. The van der Waals surface area contributed by atoms with Gasteiger partial charge in [0.25, 0.3) is 0 Å². The number of rotatable bonds is 8. The van der Waals surface area contributed by atoms with Crippen molar-refractivity contribution < 1.29 is 18.7 Å². The third-order valence-corrected chi connectivity index (χ3v) is 6.01. The van der Waals surface area contributed by atoms with Crippen LogP contribution in [-0.4, -0.2) is 53.5 Å². The minimum atomic E-state index is 0.000136. The zero-order valence-electron chi connectivity index (χ0n) is 16.0. The van der Waals surface area contributed by atoms with Gasteiger partial charge in [0.2, 0.25) is 11.8 Å². The van der Waals surface area contributed by atoms with Gasteiger partial charge in [-0.15, -0.1) is 0 Å². The fraction of sp³-hybridized carbons (Fsp3) is 0.714. The molecule has 0 aromatic carbocycles. The SMILES string of the molecule is O=C(CN(C(=O)C1CCCC1)C1CC1)N(Cc1ccco1)C[C@H]1CCCO1. The van der Waals surface area contributed by atoms with Gasteiger partial charge in [-0.1, -0.05) is 12.8 Å². The van der Waals surface area contributed by atoms with Crippen molar-refractivity contribution in [3.05, 3.63) is 24.2 Å². The maximum absolute atomic E-state index is 13.2. The van der Waals surface area contributed by atoms with E-state index in [2.05, 4.69) is 0 Å². The summed E-state index contributed by atoms with van der Waals surface area (Å²) < 4.78 is 11.2. The molecule has 6 nitrogen and oxygen atoms in total. The first kappa shape index (κ1) is 18.5. The molecule has 6 heteroatoms. The molecular weight excluding hydrogens is 344 g/mol. The van der Waals surface area contributed by atoms with E-state index < -0.39 is 0 Å². The number of nitrogens with zero attached hydrogens (tertiary/aromatic N) is 2. The molecule has 0 unspecified atom stereocenters. The smallest absolute Gasteiger partial charge is 0.242 e. The van der Waals surface area contributed by atoms with Gasteiger partial charge in [0.1, 0.15) is 12.3 Å². The Morgan fingerprint density at radius 2 is 1.89 bits per heavy atom. The number of hydrogen-bond donors (Lipinski definition) is 0. The van der Waals surface area contributed by atoms with E-state index in [9.17, 15) is 9.59 Å². The lowest BCUT2D eigenvalue weighted by Gasteiger charge is -2.30. The number of ether oxygens (including phenoxy) is 1. The Morgan fingerprint density at radius 3 is 2.52 bits per heavy atom. The second-order valence-electron chi connectivity index (χ2n) is 8.17. The molecule has 0 N–H and O–H groups in total. The highest BCUT2D eigenvalue weighted by Gasteiger charge is 2.38. The van der Waals surface area contributed by atoms with Crippen molar-refractivity contribution in [1.82, 2.24) is 9.80 Å². The van der Waals surface area contributed by atoms with Crippen LogP contribution < -0.4 is 0 Å². The second-order valence-corrected chi connectivity index (χ2v) is 8.17. The standard InChI is InChI=1S/C21H30N2O4/c24-20(15-23(17-9-10-17)21(25)16-5-1-2-6-16)22(13-18-7-3-11-26-18)14-19-8-4-12-27-19/h3,7,11,16-17,19H,1-2,4-6,8-10,12-15H2/t19-/m1/s1. The summed E-state index contributed by atoms with van der Waals surface area (Å²) in [4.78, 5) is 29.8. The van der Waals surface area contributed by atoms with Crippen LogP contribution in [0.2, 0.25) is 0 Å². The van der Waals surface area contributed by atoms with Gasteiger partial charge >= 0.3 is 0 Å². The van der Waals surface area contributed by atoms with Crippen molar-refractivity contribution in [2.45, 2.75) is 70.1 Å². The average molecular weight is 374 g/mol. The Morgan fingerprint density at radius 1 is 1.07 bits per heavy atom. The highest BCUT2D eigenvalue weighted by atomic mass is 16.5. The van der Waals surface area contributed by atoms with Crippen LogP contribution >= 0.6 is 0 Å². The largest absolute Gasteiger partial charge is 0.467 e. The second kappa shape index (κ2) is 8.46. The predicted octanol–water partition coefficient (Wildman–Crippen LogP) is 2.97. The average Bonchev–Trinajstić information content (AvgIpc) is 3.13. The van der Waals surface area contributed by atoms with Crippen LogP contribution in [0.15, 0.2) is 22.8 Å². The van der Waals surface area contributed by atoms with E-state index in [1.165, 1.54) is 0 Å². The number of hydrogen-bond acceptors (Lipinski definition) is 4. The lowest BCUT2D eigenvalue weighted by molar-refractivity contribution is -0.144. The van der Waals surface area contributed by atoms with Gasteiger partial charge in [0.05, 0.1) is 18.9 Å². The Balaban J connectivity index is 1.42. The molecule has 2 amide bonds. The fourth-order valence-electron chi connectivity index (χ4n) is 4.31. The van der Waals surface area contributed by atoms with E-state index in [-0.39, 0.29) is 36.4 Å². The molecule has 2 heterocycles. The highest BCUT2D eigenvalue weighted by Crippen LogP contribution is 2.33. The number of amides is 2. The molecule has 3 fully saturated rings. The normalized spacial score (nSPS) is 22.9. The van der Waals surface area contributed by atoms with Gasteiger partial charge in [-0.2, -0.15) is 0 Å². The van der Waals surface area contributed by atoms with Gasteiger partial charge in [0.15, 0.2) is 0 Å². The van der Waals surface area contributed by atoms with Crippen molar-refractivity contribution in [2.24, 2.45) is 5.92 Å². The fourth-order valence-corrected chi connectivity index (χ4v) is 4.31. The van der Waals surface area contributed by atoms with Crippen LogP contribution in [0.5, 0.6) is 0 Å². The van der Waals surface area contributed by atoms with Gasteiger partial charge < -0.3 is 19.0 Å². The Labute approximate surface area is 160 Å². The van der Waals surface area contributed by atoms with Crippen LogP contribution in [0.4, 0.5) is 0 Å². The first-order valence-electron chi connectivity index (χ1n) is 10.4. The van der Waals surface area contributed by atoms with Gasteiger partial charge in [0, 0.05) is 25.1 Å². The van der Waals surface area contributed by atoms with Crippen molar-refractivity contribution in [1.29, 1.82) is 0 Å². The van der Waals surface area contributed by atoms with E-state index in [1.807, 2.05) is 21.9 Å². The van der Waals surface area contributed by atoms with Crippen LogP contribution in [0.25, 0.3) is 0 Å². The Kier molecular flexibility index (Phi) is 5.81. The zero-order chi connectivity index (χ0) is 18.6. The summed E-state index contributed by atoms with van der Waals surface area (Å²) in [6.45, 7) is 1.95. The zero-order valence-corrected chi connectivity index (χ0v) is 16.0. The topological polar surface area (TPSA) is 63.0 Å². The quantitative estimate of drug-likeness (QED) is 0.702. The van der Waals surface area contributed by atoms with Gasteiger partial charge in [-0.05, 0) is 50.7 Å². The third-order valence-electron chi connectivity index (χ3n) is 6.01. The van der Waals surface area contributed by atoms with Crippen LogP contribution in [-0.2, 0) is 20.9 Å². The molecule has 0 bridgehead atoms. The molecule has 27 heavy (non-hydrogen) atoms. The van der Waals surface area contributed by atoms with Crippen molar-refractivity contribution in [3.63, 3.8) is 0 Å². The van der Waals surface area contributed by atoms with E-state index >= 15 is 0 Å². The monoisotopic (exact) mass is 374 g/mol. The minimum absolute atomic E-state index is 0.000136. The summed E-state index contributed by atoms with van der Waals surface area (Å²) in [5.41, 5.74) is 0. The maximum Gasteiger partial charge on any atom is 0.242 e. The lowest BCUT2D eigenvalue weighted by Crippen LogP contribution is -2.47. The molecule has 4 rings (SSSR count). The molecule has 1 aromatic rings. The molecule has 148 valence electrons. The van der Waals surface area contributed by atoms with Gasteiger partial charge in [-0.3, -0.25) is 9.59 Å². The first-order chi connectivity index (χ1) is 13.2. The van der Waals surface area contributed by atoms with Crippen molar-refractivity contribution in [2.75, 3.05) is 19.7 Å². The van der Waals surface area contributed by atoms with Crippen LogP contribution in [0.1, 0.15) is 57.1 Å². The van der Waals surface area contributed by atoms with E-state index in [0.29, 0.717) is 13.1 Å². The summed E-state index contributed by atoms with van der Waals surface area (Å²) in [7, 11) is 0. The predicted molar refractivity (Wildman–Crippen MR) is 99.8 cm³/mol. The van der Waals surface area contributed by atoms with Crippen LogP contribution in [0, 0.1) is 5.92 Å². The van der Waals surface area contributed by atoms with E-state index in [4.69, 9.17) is 9.15 Å². The van der Waals surface area contributed by atoms with E-state index in [1.54, 1.807) is 6.26 Å². The summed E-state index contributed by atoms with van der Waals surface area (Å²) >= 11 is 0. The number of carbonyl (C=O) groups excluding carboxylic acids is 2. The molecule has 0 spiro atoms. The molecule has 1 saturated heterocycles. The number of carbonyl (C=O) groups is 2. The first-order valence-corrected chi connectivity index (χ1v) is 10.4. The molecule has 2 saturated carbocycles. The molecule has 2 aliphatic carbocycles. The lowest BCUT2D eigenvalue weighted by atomic mass is 10.1. The Hall–Kier alpha value is -1.82.